The van der Waals surface area contributed by atoms with Crippen LogP contribution in [0.2, 0.25) is 0 Å². The molecule has 0 aliphatic heterocycles. The lowest BCUT2D eigenvalue weighted by atomic mass is 9.92. The average Bonchev–Trinajstić information content (AvgIpc) is 2.93. The van der Waals surface area contributed by atoms with Crippen LogP contribution in [0.3, 0.4) is 0 Å². The average molecular weight is 433 g/mol. The van der Waals surface area contributed by atoms with Crippen LogP contribution in [-0.4, -0.2) is 0 Å². The van der Waals surface area contributed by atoms with Crippen LogP contribution < -0.4 is 0 Å². The minimum Gasteiger partial charge on any atom is -0.238 e. The maximum Gasteiger partial charge on any atom is 0.187 e. The third-order valence-electron chi connectivity index (χ3n) is 5.89. The van der Waals surface area contributed by atoms with Crippen LogP contribution in [0.15, 0.2) is 121 Å². The van der Waals surface area contributed by atoms with Gasteiger partial charge in [0.1, 0.15) is 0 Å². The Balaban J connectivity index is 1.64. The van der Waals surface area contributed by atoms with Gasteiger partial charge in [0.2, 0.25) is 0 Å². The number of rotatable bonds is 4. The van der Waals surface area contributed by atoms with E-state index in [-0.39, 0.29) is 0 Å². The van der Waals surface area contributed by atoms with Crippen molar-refractivity contribution in [3.05, 3.63) is 138 Å². The highest BCUT2D eigenvalue weighted by atomic mass is 14.6. The molecule has 0 saturated heterocycles. The summed E-state index contributed by atoms with van der Waals surface area (Å²) in [5.74, 6) is 0. The molecule has 0 unspecified atom stereocenters. The predicted molar refractivity (Wildman–Crippen MR) is 139 cm³/mol. The lowest BCUT2D eigenvalue weighted by molar-refractivity contribution is 1.48. The number of nitrogens with zero attached hydrogens (tertiary/aromatic N) is 2. The summed E-state index contributed by atoms with van der Waals surface area (Å²) < 4.78 is 0. The molecule has 158 valence electrons. The van der Waals surface area contributed by atoms with E-state index in [2.05, 4.69) is 65.5 Å². The normalized spacial score (nSPS) is 10.3. The van der Waals surface area contributed by atoms with E-state index < -0.39 is 0 Å². The first kappa shape index (κ1) is 21.0. The molecule has 0 spiro atoms. The van der Waals surface area contributed by atoms with Crippen LogP contribution in [0.5, 0.6) is 0 Å². The number of benzene rings is 5. The van der Waals surface area contributed by atoms with Crippen molar-refractivity contribution in [2.24, 2.45) is 0 Å². The zero-order valence-electron chi connectivity index (χ0n) is 18.4. The molecule has 0 aromatic heterocycles. The van der Waals surface area contributed by atoms with Crippen LogP contribution in [0.4, 0.5) is 5.69 Å². The van der Waals surface area contributed by atoms with Crippen molar-refractivity contribution in [2.75, 3.05) is 0 Å². The van der Waals surface area contributed by atoms with E-state index in [1.54, 1.807) is 0 Å². The molecule has 0 radical (unpaired) electrons. The molecule has 0 amide bonds. The minimum atomic E-state index is 0.614. The van der Waals surface area contributed by atoms with Gasteiger partial charge < -0.3 is 0 Å². The molecule has 5 rings (SSSR count). The van der Waals surface area contributed by atoms with Gasteiger partial charge in [-0.15, -0.1) is 0 Å². The number of hydrogen-bond acceptors (Lipinski definition) is 1. The van der Waals surface area contributed by atoms with Gasteiger partial charge in [0.15, 0.2) is 5.69 Å². The Kier molecular flexibility index (Phi) is 5.73. The van der Waals surface area contributed by atoms with Gasteiger partial charge in [0.25, 0.3) is 0 Å². The highest BCUT2D eigenvalue weighted by Gasteiger charge is 2.09. The fourth-order valence-corrected chi connectivity index (χ4v) is 4.14. The van der Waals surface area contributed by atoms with Crippen molar-refractivity contribution < 1.29 is 0 Å². The minimum absolute atomic E-state index is 0.614. The Morgan fingerprint density at radius 1 is 0.471 bits per heavy atom. The summed E-state index contributed by atoms with van der Waals surface area (Å²) in [6, 6.07) is 43.0. The van der Waals surface area contributed by atoms with Gasteiger partial charge in [-0.3, -0.25) is 0 Å². The molecule has 0 heterocycles. The molecule has 0 fully saturated rings. The molecule has 0 saturated carbocycles. The van der Waals surface area contributed by atoms with Crippen molar-refractivity contribution in [1.82, 2.24) is 0 Å². The van der Waals surface area contributed by atoms with Crippen LogP contribution in [0, 0.1) is 17.9 Å². The molecule has 34 heavy (non-hydrogen) atoms. The Bertz CT molecular complexity index is 1470. The summed E-state index contributed by atoms with van der Waals surface area (Å²) >= 11 is 0. The first-order chi connectivity index (χ1) is 16.7. The zero-order chi connectivity index (χ0) is 23.3. The van der Waals surface area contributed by atoms with Crippen LogP contribution >= 0.6 is 0 Å². The van der Waals surface area contributed by atoms with E-state index in [9.17, 15) is 5.26 Å². The summed E-state index contributed by atoms with van der Waals surface area (Å²) in [6.45, 7) is 7.39. The van der Waals surface area contributed by atoms with E-state index in [1.807, 2.05) is 66.7 Å². The van der Waals surface area contributed by atoms with E-state index in [0.717, 1.165) is 33.4 Å². The molecular formula is C32H20N2. The van der Waals surface area contributed by atoms with Gasteiger partial charge in [0.05, 0.1) is 18.2 Å². The van der Waals surface area contributed by atoms with Crippen molar-refractivity contribution in [1.29, 1.82) is 5.26 Å². The van der Waals surface area contributed by atoms with Gasteiger partial charge in [-0.1, -0.05) is 84.9 Å². The van der Waals surface area contributed by atoms with Crippen LogP contribution in [0.25, 0.3) is 49.4 Å². The van der Waals surface area contributed by atoms with Crippen molar-refractivity contribution in [2.45, 2.75) is 0 Å². The Labute approximate surface area is 199 Å². The molecule has 0 bridgehead atoms. The predicted octanol–water partition coefficient (Wildman–Crippen LogP) is 8.78. The highest BCUT2D eigenvalue weighted by molar-refractivity contribution is 5.83. The summed E-state index contributed by atoms with van der Waals surface area (Å²) in [5, 5.41) is 9.37. The topological polar surface area (TPSA) is 28.1 Å². The smallest absolute Gasteiger partial charge is 0.187 e. The Morgan fingerprint density at radius 2 is 0.971 bits per heavy atom. The van der Waals surface area contributed by atoms with Gasteiger partial charge >= 0.3 is 0 Å². The first-order valence-corrected chi connectivity index (χ1v) is 11.0. The van der Waals surface area contributed by atoms with E-state index in [0.29, 0.717) is 11.3 Å². The van der Waals surface area contributed by atoms with E-state index >= 15 is 0 Å². The highest BCUT2D eigenvalue weighted by Crippen LogP contribution is 2.35. The molecule has 0 N–H and O–H groups in total. The second kappa shape index (κ2) is 9.29. The third-order valence-corrected chi connectivity index (χ3v) is 5.89. The van der Waals surface area contributed by atoms with Gasteiger partial charge in [-0.25, -0.2) is 4.85 Å². The molecule has 2 heteroatoms. The van der Waals surface area contributed by atoms with E-state index in [4.69, 9.17) is 6.57 Å². The van der Waals surface area contributed by atoms with Gasteiger partial charge in [-0.05, 0) is 80.9 Å². The fourth-order valence-electron chi connectivity index (χ4n) is 4.14. The SMILES string of the molecule is [C-]#[N+]c1cccc(-c2cc(-c3ccc(-c4ccccc4)cc3)cc(-c3cccc(C#N)c3)c2)c1. The van der Waals surface area contributed by atoms with Gasteiger partial charge in [0, 0.05) is 0 Å². The maximum atomic E-state index is 9.37. The Morgan fingerprint density at radius 3 is 1.59 bits per heavy atom. The summed E-state index contributed by atoms with van der Waals surface area (Å²) in [4.78, 5) is 3.59. The van der Waals surface area contributed by atoms with Crippen LogP contribution in [-0.2, 0) is 0 Å². The fraction of sp³-hybridized carbons (Fsp3) is 0. The molecule has 0 atom stereocenters. The van der Waals surface area contributed by atoms with Crippen LogP contribution in [0.1, 0.15) is 5.56 Å². The third kappa shape index (κ3) is 4.35. The van der Waals surface area contributed by atoms with E-state index in [1.165, 1.54) is 11.1 Å². The summed E-state index contributed by atoms with van der Waals surface area (Å²) in [7, 11) is 0. The lowest BCUT2D eigenvalue weighted by Gasteiger charge is -2.12. The molecular weight excluding hydrogens is 412 g/mol. The summed E-state index contributed by atoms with van der Waals surface area (Å²) in [5.41, 5.74) is 9.86. The monoisotopic (exact) mass is 432 g/mol. The molecule has 5 aromatic carbocycles. The molecule has 0 aliphatic carbocycles. The largest absolute Gasteiger partial charge is 0.238 e. The number of nitriles is 1. The Hall–Kier alpha value is -4.92. The summed E-state index contributed by atoms with van der Waals surface area (Å²) in [6.07, 6.45) is 0. The molecule has 0 aliphatic rings. The standard InChI is InChI=1S/C32H20N2/c1-34-32-12-6-11-28(21-32)31-19-29(18-30(20-31)27-10-5-7-23(17-27)22-33)26-15-13-25(14-16-26)24-8-3-2-4-9-24/h2-21H. The van der Waals surface area contributed by atoms with Crippen molar-refractivity contribution in [3.8, 4) is 50.6 Å². The van der Waals surface area contributed by atoms with Crippen molar-refractivity contribution in [3.63, 3.8) is 0 Å². The van der Waals surface area contributed by atoms with Crippen molar-refractivity contribution >= 4 is 5.69 Å². The molecule has 5 aromatic rings. The first-order valence-electron chi connectivity index (χ1n) is 11.0. The second-order valence-corrected chi connectivity index (χ2v) is 8.10. The quantitative estimate of drug-likeness (QED) is 0.261. The number of hydrogen-bond donors (Lipinski definition) is 0. The molecule has 2 nitrogen and oxygen atoms in total. The lowest BCUT2D eigenvalue weighted by Crippen LogP contribution is -1.87. The maximum absolute atomic E-state index is 9.37. The van der Waals surface area contributed by atoms with Gasteiger partial charge in [-0.2, -0.15) is 5.26 Å². The second-order valence-electron chi connectivity index (χ2n) is 8.10. The zero-order valence-corrected chi connectivity index (χ0v) is 18.4.